The van der Waals surface area contributed by atoms with Crippen molar-refractivity contribution in [1.29, 1.82) is 0 Å². The quantitative estimate of drug-likeness (QED) is 0.657. The maximum Gasteiger partial charge on any atom is 0.0792 e. The predicted molar refractivity (Wildman–Crippen MR) is 58.6 cm³/mol. The van der Waals surface area contributed by atoms with Crippen LogP contribution in [0.25, 0.3) is 0 Å². The fourth-order valence-corrected chi connectivity index (χ4v) is 1.51. The lowest BCUT2D eigenvalue weighted by Gasteiger charge is -2.02. The molecule has 0 amide bonds. The van der Waals surface area contributed by atoms with Crippen molar-refractivity contribution in [2.75, 3.05) is 0 Å². The third kappa shape index (κ3) is 3.19. The van der Waals surface area contributed by atoms with Gasteiger partial charge in [0, 0.05) is 0 Å². The summed E-state index contributed by atoms with van der Waals surface area (Å²) in [4.78, 5) is 0. The molecule has 1 heteroatoms. The largest absolute Gasteiger partial charge is 0.388 e. The Bertz CT molecular complexity index is 211. The summed E-state index contributed by atoms with van der Waals surface area (Å²) in [5, 5.41) is 9.44. The van der Waals surface area contributed by atoms with Crippen LogP contribution in [0, 0.1) is 0 Å². The molecule has 13 heavy (non-hydrogen) atoms. The van der Waals surface area contributed by atoms with Crippen molar-refractivity contribution in [1.82, 2.24) is 0 Å². The summed E-state index contributed by atoms with van der Waals surface area (Å²) in [5.41, 5.74) is 2.31. The van der Waals surface area contributed by atoms with Crippen LogP contribution in [0.5, 0.6) is 0 Å². The monoisotopic (exact) mass is 180 g/mol. The number of allylic oxidation sites excluding steroid dienone is 3. The topological polar surface area (TPSA) is 20.2 Å². The smallest absolute Gasteiger partial charge is 0.0792 e. The van der Waals surface area contributed by atoms with Gasteiger partial charge in [-0.25, -0.2) is 0 Å². The van der Waals surface area contributed by atoms with Crippen LogP contribution in [0.1, 0.15) is 33.6 Å². The van der Waals surface area contributed by atoms with E-state index >= 15 is 0 Å². The van der Waals surface area contributed by atoms with Crippen LogP contribution in [0.4, 0.5) is 0 Å². The van der Waals surface area contributed by atoms with Gasteiger partial charge < -0.3 is 5.11 Å². The zero-order chi connectivity index (χ0) is 10.3. The Hall–Kier alpha value is -0.820. The molecule has 1 saturated carbocycles. The highest BCUT2D eigenvalue weighted by atomic mass is 16.3. The molecule has 0 aromatic rings. The average Bonchev–Trinajstić information content (AvgIpc) is 2.51. The number of aliphatic hydroxyl groups is 1. The fraction of sp³-hybridized carbons (Fsp3) is 0.500. The lowest BCUT2D eigenvalue weighted by molar-refractivity contribution is 0.218. The number of hydrogen-bond donors (Lipinski definition) is 1. The third-order valence-electron chi connectivity index (χ3n) is 2.05. The molecule has 0 bridgehead atoms. The Morgan fingerprint density at radius 1 is 1.46 bits per heavy atom. The Balaban J connectivity index is 0.000000671. The van der Waals surface area contributed by atoms with Crippen LogP contribution in [0.2, 0.25) is 0 Å². The van der Waals surface area contributed by atoms with Gasteiger partial charge in [-0.1, -0.05) is 38.7 Å². The van der Waals surface area contributed by atoms with Crippen molar-refractivity contribution >= 4 is 0 Å². The molecule has 74 valence electrons. The van der Waals surface area contributed by atoms with Gasteiger partial charge in [-0.05, 0) is 30.9 Å². The van der Waals surface area contributed by atoms with Crippen LogP contribution in [0.15, 0.2) is 36.0 Å². The summed E-state index contributed by atoms with van der Waals surface area (Å²) in [6.07, 6.45) is 7.33. The van der Waals surface area contributed by atoms with E-state index < -0.39 is 0 Å². The van der Waals surface area contributed by atoms with Crippen LogP contribution in [-0.4, -0.2) is 11.2 Å². The summed E-state index contributed by atoms with van der Waals surface area (Å²) < 4.78 is 0. The Kier molecular flexibility index (Phi) is 6.25. The molecule has 0 aliphatic heterocycles. The normalized spacial score (nSPS) is 27.2. The lowest BCUT2D eigenvalue weighted by atomic mass is 10.1. The van der Waals surface area contributed by atoms with E-state index in [1.165, 1.54) is 5.57 Å². The van der Waals surface area contributed by atoms with E-state index in [0.29, 0.717) is 0 Å². The molecule has 0 radical (unpaired) electrons. The van der Waals surface area contributed by atoms with Gasteiger partial charge in [0.25, 0.3) is 0 Å². The summed E-state index contributed by atoms with van der Waals surface area (Å²) in [5.74, 6) is 0. The van der Waals surface area contributed by atoms with E-state index in [2.05, 4.69) is 6.58 Å². The fourth-order valence-electron chi connectivity index (χ4n) is 1.51. The summed E-state index contributed by atoms with van der Waals surface area (Å²) in [6.45, 7) is 9.59. The van der Waals surface area contributed by atoms with Crippen molar-refractivity contribution < 1.29 is 5.11 Å². The van der Waals surface area contributed by atoms with Crippen molar-refractivity contribution in [2.24, 2.45) is 0 Å². The molecule has 0 spiro atoms. The minimum Gasteiger partial charge on any atom is -0.388 e. The van der Waals surface area contributed by atoms with Gasteiger partial charge in [-0.15, -0.1) is 0 Å². The van der Waals surface area contributed by atoms with Gasteiger partial charge in [-0.2, -0.15) is 0 Å². The Morgan fingerprint density at radius 2 is 2.08 bits per heavy atom. The van der Waals surface area contributed by atoms with Crippen LogP contribution >= 0.6 is 0 Å². The van der Waals surface area contributed by atoms with E-state index in [4.69, 9.17) is 0 Å². The van der Waals surface area contributed by atoms with Gasteiger partial charge in [0.05, 0.1) is 6.10 Å². The first kappa shape index (κ1) is 12.2. The predicted octanol–water partition coefficient (Wildman–Crippen LogP) is 3.23. The molecule has 1 atom stereocenters. The summed E-state index contributed by atoms with van der Waals surface area (Å²) in [7, 11) is 0. The highest BCUT2D eigenvalue weighted by molar-refractivity contribution is 5.39. The molecular formula is C12H20O. The second kappa shape index (κ2) is 6.67. The van der Waals surface area contributed by atoms with E-state index in [9.17, 15) is 5.11 Å². The molecule has 1 rings (SSSR count). The zero-order valence-electron chi connectivity index (χ0n) is 8.88. The molecule has 1 unspecified atom stereocenters. The van der Waals surface area contributed by atoms with Gasteiger partial charge in [0.1, 0.15) is 0 Å². The minimum atomic E-state index is -0.244. The molecule has 0 aromatic carbocycles. The highest BCUT2D eigenvalue weighted by Crippen LogP contribution is 2.30. The first-order valence-corrected chi connectivity index (χ1v) is 4.95. The van der Waals surface area contributed by atoms with E-state index in [1.54, 1.807) is 6.08 Å². The van der Waals surface area contributed by atoms with Crippen molar-refractivity contribution in [2.45, 2.75) is 39.7 Å². The van der Waals surface area contributed by atoms with Gasteiger partial charge >= 0.3 is 0 Å². The van der Waals surface area contributed by atoms with E-state index in [0.717, 1.165) is 18.4 Å². The number of aliphatic hydroxyl groups excluding tert-OH is 1. The molecule has 0 aromatic heterocycles. The second-order valence-electron chi connectivity index (χ2n) is 2.73. The molecule has 1 aliphatic carbocycles. The molecule has 0 heterocycles. The molecule has 1 aliphatic rings. The maximum atomic E-state index is 9.44. The van der Waals surface area contributed by atoms with Crippen LogP contribution in [0.3, 0.4) is 0 Å². The molecule has 1 N–H and O–H groups in total. The van der Waals surface area contributed by atoms with Crippen LogP contribution < -0.4 is 0 Å². The maximum absolute atomic E-state index is 9.44. The number of hydrogen-bond acceptors (Lipinski definition) is 1. The zero-order valence-corrected chi connectivity index (χ0v) is 8.88. The highest BCUT2D eigenvalue weighted by Gasteiger charge is 2.21. The summed E-state index contributed by atoms with van der Waals surface area (Å²) in [6, 6.07) is 0. The third-order valence-corrected chi connectivity index (χ3v) is 2.05. The van der Waals surface area contributed by atoms with Crippen molar-refractivity contribution in [3.63, 3.8) is 0 Å². The van der Waals surface area contributed by atoms with Crippen LogP contribution in [-0.2, 0) is 0 Å². The minimum absolute atomic E-state index is 0.244. The number of rotatable bonds is 1. The first-order chi connectivity index (χ1) is 6.29. The standard InChI is InChI=1S/C10H14O.C2H6/c1-3-5-8-6-7-10(11)9(8)4-2;1-2/h3-5,10-11H,1,6-7H2,2H3;1-2H3/b8-5-,9-4+;. The van der Waals surface area contributed by atoms with E-state index in [1.807, 2.05) is 32.9 Å². The Morgan fingerprint density at radius 3 is 2.54 bits per heavy atom. The first-order valence-electron chi connectivity index (χ1n) is 4.95. The molecule has 1 nitrogen and oxygen atoms in total. The van der Waals surface area contributed by atoms with Gasteiger partial charge in [0.2, 0.25) is 0 Å². The molecule has 0 saturated heterocycles. The average molecular weight is 180 g/mol. The van der Waals surface area contributed by atoms with Gasteiger partial charge in [0.15, 0.2) is 0 Å². The van der Waals surface area contributed by atoms with Crippen molar-refractivity contribution in [3.05, 3.63) is 36.0 Å². The molecular weight excluding hydrogens is 160 g/mol. The summed E-state index contributed by atoms with van der Waals surface area (Å²) >= 11 is 0. The Labute approximate surface area is 81.5 Å². The second-order valence-corrected chi connectivity index (χ2v) is 2.73. The SMILES string of the molecule is C=C/C=C1/CCC(O)/C1=C/C.CC. The lowest BCUT2D eigenvalue weighted by Crippen LogP contribution is -2.01. The van der Waals surface area contributed by atoms with Crippen molar-refractivity contribution in [3.8, 4) is 0 Å². The molecule has 1 fully saturated rings. The van der Waals surface area contributed by atoms with Gasteiger partial charge in [-0.3, -0.25) is 0 Å². The van der Waals surface area contributed by atoms with E-state index in [-0.39, 0.29) is 6.10 Å².